The number of aliphatic imine (C=N–C) groups is 1. The number of amides is 1. The summed E-state index contributed by atoms with van der Waals surface area (Å²) < 4.78 is 16.6. The summed E-state index contributed by atoms with van der Waals surface area (Å²) in [7, 11) is 1.95. The Kier molecular flexibility index (Phi) is 7.97. The van der Waals surface area contributed by atoms with Crippen LogP contribution in [-0.2, 0) is 13.1 Å². The summed E-state index contributed by atoms with van der Waals surface area (Å²) in [5.41, 5.74) is 6.29. The lowest BCUT2D eigenvalue weighted by Crippen LogP contribution is -2.38. The molecule has 9 heteroatoms. The van der Waals surface area contributed by atoms with Crippen LogP contribution in [0.15, 0.2) is 39.7 Å². The highest BCUT2D eigenvalue weighted by Crippen LogP contribution is 2.31. The van der Waals surface area contributed by atoms with Crippen molar-refractivity contribution in [3.63, 3.8) is 0 Å². The maximum atomic E-state index is 11.1. The number of carbonyl (C=O) groups excluding carboxylic acids is 1. The normalized spacial score (nSPS) is 12.9. The van der Waals surface area contributed by atoms with Crippen LogP contribution in [0.25, 0.3) is 0 Å². The molecule has 1 aliphatic heterocycles. The molecule has 1 amide bonds. The Morgan fingerprint density at radius 1 is 1.21 bits per heavy atom. The Morgan fingerprint density at radius 3 is 2.64 bits per heavy atom. The maximum absolute atomic E-state index is 11.1. The lowest BCUT2D eigenvalue weighted by Gasteiger charge is -2.23. The summed E-state index contributed by atoms with van der Waals surface area (Å²) >= 11 is 0. The number of hydrogen-bond donors (Lipinski definition) is 2. The molecule has 1 aromatic carbocycles. The average molecular weight is 500 g/mol. The summed E-state index contributed by atoms with van der Waals surface area (Å²) in [5, 5.41) is 3.25. The number of carbonyl (C=O) groups is 1. The zero-order valence-electron chi connectivity index (χ0n) is 15.9. The number of furan rings is 1. The highest BCUT2D eigenvalue weighted by atomic mass is 127. The third-order valence-electron chi connectivity index (χ3n) is 4.01. The summed E-state index contributed by atoms with van der Waals surface area (Å²) in [6.45, 7) is 4.83. The van der Waals surface area contributed by atoms with Gasteiger partial charge >= 0.3 is 0 Å². The first-order chi connectivity index (χ1) is 13.1. The predicted octanol–water partition coefficient (Wildman–Crippen LogP) is 2.37. The number of fused-ring (bicyclic) bond motifs is 1. The van der Waals surface area contributed by atoms with Crippen molar-refractivity contribution in [3.05, 3.63) is 47.4 Å². The van der Waals surface area contributed by atoms with E-state index < -0.39 is 5.91 Å². The monoisotopic (exact) mass is 500 g/mol. The molecule has 0 radical (unpaired) electrons. The van der Waals surface area contributed by atoms with Crippen LogP contribution in [0.4, 0.5) is 0 Å². The molecule has 3 rings (SSSR count). The topological polar surface area (TPSA) is 102 Å². The van der Waals surface area contributed by atoms with Gasteiger partial charge in [0, 0.05) is 20.1 Å². The fourth-order valence-electron chi connectivity index (χ4n) is 2.75. The Bertz CT molecular complexity index is 837. The SMILES string of the molecule is CCNC(=NCc1ccc(C(N)=O)o1)N(C)Cc1ccc2c(c1)OCCO2.I. The van der Waals surface area contributed by atoms with E-state index in [1.807, 2.05) is 37.1 Å². The maximum Gasteiger partial charge on any atom is 0.284 e. The molecule has 152 valence electrons. The first-order valence-electron chi connectivity index (χ1n) is 8.83. The van der Waals surface area contributed by atoms with Gasteiger partial charge in [-0.05, 0) is 36.8 Å². The highest BCUT2D eigenvalue weighted by Gasteiger charge is 2.14. The standard InChI is InChI=1S/C19H24N4O4.HI/c1-3-21-19(22-11-14-5-7-16(27-14)18(20)24)23(2)12-13-4-6-15-17(10-13)26-9-8-25-15;/h4-7,10H,3,8-9,11-12H2,1-2H3,(H2,20,24)(H,21,22);1H. The van der Waals surface area contributed by atoms with Crippen LogP contribution in [0, 0.1) is 0 Å². The number of rotatable bonds is 6. The first-order valence-corrected chi connectivity index (χ1v) is 8.83. The van der Waals surface area contributed by atoms with Crippen molar-refractivity contribution in [1.29, 1.82) is 0 Å². The number of benzene rings is 1. The Hall–Kier alpha value is -2.43. The van der Waals surface area contributed by atoms with E-state index in [0.29, 0.717) is 32.1 Å². The van der Waals surface area contributed by atoms with Gasteiger partial charge in [-0.25, -0.2) is 4.99 Å². The van der Waals surface area contributed by atoms with Gasteiger partial charge in [0.25, 0.3) is 5.91 Å². The van der Waals surface area contributed by atoms with Crippen LogP contribution >= 0.6 is 24.0 Å². The van der Waals surface area contributed by atoms with Gasteiger partial charge in [-0.1, -0.05) is 6.07 Å². The molecule has 8 nitrogen and oxygen atoms in total. The molecule has 0 aliphatic carbocycles. The summed E-state index contributed by atoms with van der Waals surface area (Å²) in [5.74, 6) is 2.39. The van der Waals surface area contributed by atoms with Gasteiger partial charge in [0.1, 0.15) is 25.5 Å². The van der Waals surface area contributed by atoms with Gasteiger partial charge in [-0.3, -0.25) is 4.79 Å². The van der Waals surface area contributed by atoms with Crippen LogP contribution < -0.4 is 20.5 Å². The van der Waals surface area contributed by atoms with Crippen molar-refractivity contribution in [2.45, 2.75) is 20.0 Å². The first kappa shape index (κ1) is 21.9. The van der Waals surface area contributed by atoms with E-state index in [1.165, 1.54) is 0 Å². The van der Waals surface area contributed by atoms with Crippen LogP contribution in [0.2, 0.25) is 0 Å². The summed E-state index contributed by atoms with van der Waals surface area (Å²) in [6.07, 6.45) is 0. The number of primary amides is 1. The Balaban J connectivity index is 0.00000280. The van der Waals surface area contributed by atoms with E-state index in [9.17, 15) is 4.79 Å². The smallest absolute Gasteiger partial charge is 0.284 e. The van der Waals surface area contributed by atoms with Crippen molar-refractivity contribution in [3.8, 4) is 11.5 Å². The minimum absolute atomic E-state index is 0. The summed E-state index contributed by atoms with van der Waals surface area (Å²) in [4.78, 5) is 17.7. The summed E-state index contributed by atoms with van der Waals surface area (Å²) in [6, 6.07) is 9.18. The molecule has 1 aliphatic rings. The minimum atomic E-state index is -0.590. The van der Waals surface area contributed by atoms with E-state index in [0.717, 1.165) is 29.6 Å². The quantitative estimate of drug-likeness (QED) is 0.359. The third-order valence-corrected chi connectivity index (χ3v) is 4.01. The van der Waals surface area contributed by atoms with Crippen molar-refractivity contribution in [2.24, 2.45) is 10.7 Å². The molecule has 0 bridgehead atoms. The second kappa shape index (κ2) is 10.2. The number of guanidine groups is 1. The number of nitrogens with one attached hydrogen (secondary N) is 1. The molecule has 1 aromatic heterocycles. The Morgan fingerprint density at radius 2 is 1.96 bits per heavy atom. The molecule has 0 unspecified atom stereocenters. The van der Waals surface area contributed by atoms with Crippen molar-refractivity contribution in [2.75, 3.05) is 26.8 Å². The molecular formula is C19H25IN4O4. The predicted molar refractivity (Wildman–Crippen MR) is 116 cm³/mol. The average Bonchev–Trinajstić information content (AvgIpc) is 3.14. The van der Waals surface area contributed by atoms with Crippen LogP contribution in [0.3, 0.4) is 0 Å². The minimum Gasteiger partial charge on any atom is -0.486 e. The van der Waals surface area contributed by atoms with E-state index in [-0.39, 0.29) is 29.7 Å². The second-order valence-electron chi connectivity index (χ2n) is 6.13. The van der Waals surface area contributed by atoms with Gasteiger partial charge in [0.2, 0.25) is 0 Å². The molecular weight excluding hydrogens is 475 g/mol. The second-order valence-corrected chi connectivity index (χ2v) is 6.13. The van der Waals surface area contributed by atoms with Gasteiger partial charge in [-0.2, -0.15) is 0 Å². The van der Waals surface area contributed by atoms with Crippen LogP contribution in [0.5, 0.6) is 11.5 Å². The zero-order valence-corrected chi connectivity index (χ0v) is 18.3. The fraction of sp³-hybridized carbons (Fsp3) is 0.368. The molecule has 3 N–H and O–H groups in total. The molecule has 0 spiro atoms. The fourth-order valence-corrected chi connectivity index (χ4v) is 2.75. The van der Waals surface area contributed by atoms with Gasteiger partial charge in [-0.15, -0.1) is 24.0 Å². The van der Waals surface area contributed by atoms with E-state index in [4.69, 9.17) is 19.6 Å². The molecule has 0 fully saturated rings. The largest absolute Gasteiger partial charge is 0.486 e. The van der Waals surface area contributed by atoms with E-state index >= 15 is 0 Å². The van der Waals surface area contributed by atoms with Gasteiger partial charge in [0.15, 0.2) is 23.2 Å². The highest BCUT2D eigenvalue weighted by molar-refractivity contribution is 14.0. The third kappa shape index (κ3) is 5.54. The molecule has 2 aromatic rings. The van der Waals surface area contributed by atoms with Crippen LogP contribution in [0.1, 0.15) is 28.8 Å². The molecule has 0 atom stereocenters. The molecule has 28 heavy (non-hydrogen) atoms. The van der Waals surface area contributed by atoms with Crippen molar-refractivity contribution < 1.29 is 18.7 Å². The number of hydrogen-bond acceptors (Lipinski definition) is 5. The number of halogens is 1. The molecule has 0 saturated carbocycles. The van der Waals surface area contributed by atoms with E-state index in [1.54, 1.807) is 12.1 Å². The number of nitrogens with zero attached hydrogens (tertiary/aromatic N) is 2. The zero-order chi connectivity index (χ0) is 19.2. The van der Waals surface area contributed by atoms with Crippen molar-refractivity contribution in [1.82, 2.24) is 10.2 Å². The van der Waals surface area contributed by atoms with Gasteiger partial charge in [0.05, 0.1) is 0 Å². The lowest BCUT2D eigenvalue weighted by molar-refractivity contribution is 0.0972. The van der Waals surface area contributed by atoms with E-state index in [2.05, 4.69) is 10.3 Å². The lowest BCUT2D eigenvalue weighted by atomic mass is 10.2. The number of nitrogens with two attached hydrogens (primary N) is 1. The molecule has 2 heterocycles. The number of ether oxygens (including phenoxy) is 2. The van der Waals surface area contributed by atoms with Gasteiger partial charge < -0.3 is 29.8 Å². The Labute approximate surface area is 181 Å². The van der Waals surface area contributed by atoms with Crippen LogP contribution in [-0.4, -0.2) is 43.6 Å². The molecule has 0 saturated heterocycles. The van der Waals surface area contributed by atoms with Crippen molar-refractivity contribution >= 4 is 35.8 Å².